The smallest absolute Gasteiger partial charge is 0.410 e. The van der Waals surface area contributed by atoms with Crippen LogP contribution < -0.4 is 0 Å². The summed E-state index contributed by atoms with van der Waals surface area (Å²) >= 11 is 2.12. The molecular formula is C16H32INO4S. The second-order valence-electron chi connectivity index (χ2n) is 7.92. The molecule has 0 aromatic rings. The van der Waals surface area contributed by atoms with E-state index in [0.717, 1.165) is 12.8 Å². The summed E-state index contributed by atoms with van der Waals surface area (Å²) in [5.41, 5.74) is -0.987. The molecule has 0 fully saturated rings. The Kier molecular flexibility index (Phi) is 9.79. The van der Waals surface area contributed by atoms with E-state index in [-0.39, 0.29) is 17.3 Å². The summed E-state index contributed by atoms with van der Waals surface area (Å²) in [7, 11) is 3.09. The maximum Gasteiger partial charge on any atom is 0.410 e. The predicted molar refractivity (Wildman–Crippen MR) is 105 cm³/mol. The molecule has 0 unspecified atom stereocenters. The normalized spacial score (nSPS) is 13.1. The minimum absolute atomic E-state index is 0.213. The van der Waals surface area contributed by atoms with Crippen molar-refractivity contribution in [3.05, 3.63) is 0 Å². The van der Waals surface area contributed by atoms with Crippen molar-refractivity contribution in [3.63, 3.8) is 0 Å². The van der Waals surface area contributed by atoms with Crippen molar-refractivity contribution in [1.29, 1.82) is 0 Å². The van der Waals surface area contributed by atoms with Crippen molar-refractivity contribution in [1.82, 2.24) is 4.90 Å². The number of halogens is 1. The highest BCUT2D eigenvalue weighted by Crippen LogP contribution is 2.27. The Morgan fingerprint density at radius 1 is 1.04 bits per heavy atom. The molecule has 0 rings (SSSR count). The van der Waals surface area contributed by atoms with E-state index in [4.69, 9.17) is 13.7 Å². The largest absolute Gasteiger partial charge is 0.444 e. The minimum Gasteiger partial charge on any atom is -0.444 e. The summed E-state index contributed by atoms with van der Waals surface area (Å²) in [5, 5.41) is 0. The van der Waals surface area contributed by atoms with Gasteiger partial charge in [-0.1, -0.05) is 0 Å². The van der Waals surface area contributed by atoms with Crippen LogP contribution in [0.4, 0.5) is 4.79 Å². The Hall–Kier alpha value is 0.270. The zero-order chi connectivity index (χ0) is 18.3. The highest BCUT2D eigenvalue weighted by molar-refractivity contribution is 14.2. The molecular weight excluding hydrogens is 429 g/mol. The lowest BCUT2D eigenvalue weighted by atomic mass is 10.0. The number of nitrogens with zero attached hydrogens (tertiary/aromatic N) is 1. The van der Waals surface area contributed by atoms with Crippen molar-refractivity contribution >= 4 is 36.5 Å². The first-order valence-corrected chi connectivity index (χ1v) is 11.1. The third-order valence-corrected chi connectivity index (χ3v) is 4.26. The first-order chi connectivity index (χ1) is 10.3. The first-order valence-electron chi connectivity index (χ1n) is 7.82. The van der Waals surface area contributed by atoms with Crippen LogP contribution in [0.15, 0.2) is 0 Å². The quantitative estimate of drug-likeness (QED) is 0.348. The lowest BCUT2D eigenvalue weighted by Crippen LogP contribution is -2.38. The van der Waals surface area contributed by atoms with Gasteiger partial charge in [-0.05, 0) is 54.9 Å². The monoisotopic (exact) mass is 461 g/mol. The number of carbonyl (C=O) groups excluding carboxylic acids is 1. The Morgan fingerprint density at radius 3 is 2.09 bits per heavy atom. The van der Waals surface area contributed by atoms with Gasteiger partial charge in [0.25, 0.3) is 0 Å². The SMILES string of the molecule is CN(CCC(C)(C)OCCC(C)(C)OSI)C(=O)OC(C)(C)C. The second-order valence-corrected chi connectivity index (χ2v) is 9.29. The van der Waals surface area contributed by atoms with Crippen LogP contribution in [0, 0.1) is 0 Å². The number of ether oxygens (including phenoxy) is 2. The molecule has 5 nitrogen and oxygen atoms in total. The van der Waals surface area contributed by atoms with Crippen molar-refractivity contribution in [2.75, 3.05) is 20.2 Å². The van der Waals surface area contributed by atoms with Gasteiger partial charge >= 0.3 is 6.09 Å². The third kappa shape index (κ3) is 12.3. The molecule has 0 aliphatic heterocycles. The van der Waals surface area contributed by atoms with Gasteiger partial charge in [0, 0.05) is 41.2 Å². The van der Waals surface area contributed by atoms with Crippen molar-refractivity contribution in [2.24, 2.45) is 0 Å². The molecule has 23 heavy (non-hydrogen) atoms. The Bertz CT molecular complexity index is 370. The summed E-state index contributed by atoms with van der Waals surface area (Å²) in [6.07, 6.45) is 1.25. The fourth-order valence-corrected chi connectivity index (χ4v) is 3.35. The maximum absolute atomic E-state index is 11.9. The van der Waals surface area contributed by atoms with Gasteiger partial charge in [-0.2, -0.15) is 0 Å². The average Bonchev–Trinajstić information content (AvgIpc) is 2.33. The average molecular weight is 461 g/mol. The predicted octanol–water partition coefficient (Wildman–Crippen LogP) is 5.22. The molecule has 0 radical (unpaired) electrons. The number of amides is 1. The lowest BCUT2D eigenvalue weighted by Gasteiger charge is -2.31. The van der Waals surface area contributed by atoms with E-state index < -0.39 is 5.60 Å². The highest BCUT2D eigenvalue weighted by Gasteiger charge is 2.25. The Balaban J connectivity index is 4.19. The molecule has 138 valence electrons. The standard InChI is InChI=1S/C16H32INO4S/c1-14(2,3)21-13(19)18(8)11-9-15(4,5)20-12-10-16(6,7)22-23-17/h9-12H2,1-8H3. The van der Waals surface area contributed by atoms with Crippen molar-refractivity contribution in [2.45, 2.75) is 78.1 Å². The molecule has 0 aliphatic rings. The highest BCUT2D eigenvalue weighted by atomic mass is 127. The maximum atomic E-state index is 11.9. The van der Waals surface area contributed by atoms with E-state index in [1.807, 2.05) is 48.5 Å². The number of rotatable bonds is 9. The number of hydrogen-bond acceptors (Lipinski definition) is 5. The summed E-state index contributed by atoms with van der Waals surface area (Å²) in [6.45, 7) is 15.0. The van der Waals surface area contributed by atoms with E-state index in [1.54, 1.807) is 11.9 Å². The van der Waals surface area contributed by atoms with Gasteiger partial charge in [0.05, 0.1) is 27.0 Å². The molecule has 0 atom stereocenters. The summed E-state index contributed by atoms with van der Waals surface area (Å²) in [4.78, 5) is 13.5. The van der Waals surface area contributed by atoms with E-state index in [2.05, 4.69) is 21.2 Å². The van der Waals surface area contributed by atoms with E-state index >= 15 is 0 Å². The van der Waals surface area contributed by atoms with Gasteiger partial charge in [0.2, 0.25) is 0 Å². The van der Waals surface area contributed by atoms with Crippen molar-refractivity contribution in [3.8, 4) is 0 Å². The zero-order valence-electron chi connectivity index (χ0n) is 15.7. The van der Waals surface area contributed by atoms with Gasteiger partial charge < -0.3 is 14.4 Å². The fourth-order valence-electron chi connectivity index (χ4n) is 1.64. The molecule has 0 N–H and O–H groups in total. The molecule has 0 heterocycles. The van der Waals surface area contributed by atoms with E-state index in [0.29, 0.717) is 13.2 Å². The van der Waals surface area contributed by atoms with Crippen LogP contribution >= 0.6 is 30.4 Å². The molecule has 0 aliphatic carbocycles. The van der Waals surface area contributed by atoms with Gasteiger partial charge in [-0.15, -0.1) is 0 Å². The van der Waals surface area contributed by atoms with Crippen LogP contribution in [0.25, 0.3) is 0 Å². The van der Waals surface area contributed by atoms with Gasteiger partial charge in [0.1, 0.15) is 5.60 Å². The van der Waals surface area contributed by atoms with Gasteiger partial charge in [-0.25, -0.2) is 4.79 Å². The molecule has 0 bridgehead atoms. The molecule has 0 aromatic heterocycles. The Morgan fingerprint density at radius 2 is 1.61 bits per heavy atom. The number of hydrogen-bond donors (Lipinski definition) is 0. The molecule has 0 saturated heterocycles. The van der Waals surface area contributed by atoms with Crippen LogP contribution in [0.3, 0.4) is 0 Å². The van der Waals surface area contributed by atoms with E-state index in [1.165, 1.54) is 9.21 Å². The molecule has 1 amide bonds. The molecule has 7 heteroatoms. The zero-order valence-corrected chi connectivity index (χ0v) is 18.7. The molecule has 0 aromatic carbocycles. The van der Waals surface area contributed by atoms with Crippen LogP contribution in [0.2, 0.25) is 0 Å². The van der Waals surface area contributed by atoms with Crippen molar-refractivity contribution < 1.29 is 18.5 Å². The second kappa shape index (κ2) is 9.68. The Labute approximate surface area is 158 Å². The van der Waals surface area contributed by atoms with E-state index in [9.17, 15) is 4.79 Å². The van der Waals surface area contributed by atoms with Crippen LogP contribution in [0.1, 0.15) is 61.3 Å². The first kappa shape index (κ1) is 23.3. The number of carbonyl (C=O) groups is 1. The summed E-state index contributed by atoms with van der Waals surface area (Å²) < 4.78 is 16.9. The van der Waals surface area contributed by atoms with Crippen LogP contribution in [-0.4, -0.2) is 48.0 Å². The summed E-state index contributed by atoms with van der Waals surface area (Å²) in [5.74, 6) is 0. The lowest BCUT2D eigenvalue weighted by molar-refractivity contribution is -0.0462. The molecule has 0 saturated carbocycles. The van der Waals surface area contributed by atoms with Crippen LogP contribution in [-0.2, 0) is 13.7 Å². The summed E-state index contributed by atoms with van der Waals surface area (Å²) in [6, 6.07) is 0. The van der Waals surface area contributed by atoms with Crippen LogP contribution in [0.5, 0.6) is 0 Å². The molecule has 0 spiro atoms. The minimum atomic E-state index is -0.473. The fraction of sp³-hybridized carbons (Fsp3) is 0.938. The third-order valence-electron chi connectivity index (χ3n) is 3.21. The van der Waals surface area contributed by atoms with Gasteiger partial charge in [-0.3, -0.25) is 4.18 Å². The van der Waals surface area contributed by atoms with Gasteiger partial charge in [0.15, 0.2) is 0 Å². The topological polar surface area (TPSA) is 48.0 Å².